The van der Waals surface area contributed by atoms with Gasteiger partial charge in [-0.05, 0) is 76.2 Å². The van der Waals surface area contributed by atoms with Crippen LogP contribution >= 0.6 is 0 Å². The van der Waals surface area contributed by atoms with E-state index in [1.165, 1.54) is 4.90 Å². The summed E-state index contributed by atoms with van der Waals surface area (Å²) in [6.07, 6.45) is 2.02. The highest BCUT2D eigenvalue weighted by Crippen LogP contribution is 2.32. The van der Waals surface area contributed by atoms with Gasteiger partial charge in [0.15, 0.2) is 0 Å². The summed E-state index contributed by atoms with van der Waals surface area (Å²) in [6, 6.07) is 10.9. The first-order chi connectivity index (χ1) is 14.3. The van der Waals surface area contributed by atoms with E-state index in [1.807, 2.05) is 51.0 Å². The predicted molar refractivity (Wildman–Crippen MR) is 116 cm³/mol. The van der Waals surface area contributed by atoms with Crippen LogP contribution in [-0.4, -0.2) is 60.7 Å². The molecule has 0 bridgehead atoms. The number of amides is 3. The molecule has 0 saturated carbocycles. The number of nitrogens with zero attached hydrogens (tertiary/aromatic N) is 3. The van der Waals surface area contributed by atoms with E-state index in [9.17, 15) is 14.4 Å². The molecule has 1 unspecified atom stereocenters. The molecule has 156 valence electrons. The van der Waals surface area contributed by atoms with Gasteiger partial charge >= 0.3 is 0 Å². The van der Waals surface area contributed by atoms with E-state index in [-0.39, 0.29) is 17.7 Å². The van der Waals surface area contributed by atoms with Crippen LogP contribution in [0.15, 0.2) is 36.4 Å². The second-order valence-corrected chi connectivity index (χ2v) is 8.51. The second-order valence-electron chi connectivity index (χ2n) is 8.51. The van der Waals surface area contributed by atoms with Crippen LogP contribution in [0.5, 0.6) is 0 Å². The Bertz CT molecular complexity index is 1040. The zero-order chi connectivity index (χ0) is 21.6. The maximum absolute atomic E-state index is 13.1. The van der Waals surface area contributed by atoms with Crippen LogP contribution in [0.25, 0.3) is 0 Å². The fraction of sp³-hybridized carbons (Fsp3) is 0.375. The maximum atomic E-state index is 13.1. The summed E-state index contributed by atoms with van der Waals surface area (Å²) in [5.74, 6) is -0.800. The maximum Gasteiger partial charge on any atom is 0.266 e. The third kappa shape index (κ3) is 3.41. The highest BCUT2D eigenvalue weighted by molar-refractivity contribution is 6.35. The van der Waals surface area contributed by atoms with Gasteiger partial charge in [0.05, 0.1) is 16.8 Å². The van der Waals surface area contributed by atoms with Gasteiger partial charge in [0, 0.05) is 24.7 Å². The molecule has 6 nitrogen and oxygen atoms in total. The van der Waals surface area contributed by atoms with E-state index in [1.54, 1.807) is 18.2 Å². The van der Waals surface area contributed by atoms with Gasteiger partial charge in [0.25, 0.3) is 17.7 Å². The topological polar surface area (TPSA) is 60.9 Å². The minimum Gasteiger partial charge on any atom is -0.337 e. The second kappa shape index (κ2) is 7.69. The first-order valence-electron chi connectivity index (χ1n) is 10.3. The Morgan fingerprint density at radius 2 is 1.73 bits per heavy atom. The molecule has 0 aliphatic carbocycles. The summed E-state index contributed by atoms with van der Waals surface area (Å²) in [4.78, 5) is 44.4. The molecular weight excluding hydrogens is 378 g/mol. The van der Waals surface area contributed by atoms with E-state index in [4.69, 9.17) is 0 Å². The minimum absolute atomic E-state index is 0.0882. The third-order valence-corrected chi connectivity index (χ3v) is 6.15. The molecule has 2 aromatic carbocycles. The molecule has 2 aliphatic rings. The number of rotatable bonds is 3. The number of piperidine rings is 1. The molecule has 1 atom stereocenters. The predicted octanol–water partition coefficient (Wildman–Crippen LogP) is 3.27. The lowest BCUT2D eigenvalue weighted by Crippen LogP contribution is -2.47. The molecule has 6 heteroatoms. The Labute approximate surface area is 177 Å². The number of fused-ring (bicyclic) bond motifs is 1. The smallest absolute Gasteiger partial charge is 0.266 e. The van der Waals surface area contributed by atoms with Crippen LogP contribution in [0, 0.1) is 13.8 Å². The van der Waals surface area contributed by atoms with Crippen molar-refractivity contribution in [2.75, 3.05) is 32.1 Å². The van der Waals surface area contributed by atoms with E-state index in [2.05, 4.69) is 4.90 Å². The van der Waals surface area contributed by atoms with E-state index < -0.39 is 0 Å². The first-order valence-corrected chi connectivity index (χ1v) is 10.3. The molecule has 3 amide bonds. The van der Waals surface area contributed by atoms with Gasteiger partial charge < -0.3 is 9.80 Å². The van der Waals surface area contributed by atoms with Gasteiger partial charge in [-0.1, -0.05) is 12.1 Å². The molecule has 0 N–H and O–H groups in total. The van der Waals surface area contributed by atoms with Gasteiger partial charge in [-0.3, -0.25) is 14.4 Å². The van der Waals surface area contributed by atoms with Crippen LogP contribution in [0.1, 0.15) is 55.0 Å². The molecule has 2 heterocycles. The Balaban J connectivity index is 1.64. The molecule has 4 rings (SSSR count). The number of hydrogen-bond acceptors (Lipinski definition) is 4. The molecule has 2 aromatic rings. The quantitative estimate of drug-likeness (QED) is 0.736. The largest absolute Gasteiger partial charge is 0.337 e. The number of anilines is 1. The number of likely N-dealkylation sites (N-methyl/N-ethyl adjacent to an activating group) is 1. The summed E-state index contributed by atoms with van der Waals surface area (Å²) in [5.41, 5.74) is 3.53. The number of aryl methyl sites for hydroxylation is 2. The highest BCUT2D eigenvalue weighted by atomic mass is 16.2. The van der Waals surface area contributed by atoms with Crippen molar-refractivity contribution in [2.24, 2.45) is 0 Å². The lowest BCUT2D eigenvalue weighted by molar-refractivity contribution is 0.0635. The number of carbonyl (C=O) groups is 3. The van der Waals surface area contributed by atoms with Crippen LogP contribution in [0.2, 0.25) is 0 Å². The van der Waals surface area contributed by atoms with Crippen molar-refractivity contribution in [2.45, 2.75) is 32.7 Å². The summed E-state index contributed by atoms with van der Waals surface area (Å²) < 4.78 is 0. The van der Waals surface area contributed by atoms with Gasteiger partial charge in [-0.2, -0.15) is 0 Å². The van der Waals surface area contributed by atoms with Crippen LogP contribution < -0.4 is 4.90 Å². The lowest BCUT2D eigenvalue weighted by atomic mass is 10.0. The average Bonchev–Trinajstić information content (AvgIpc) is 2.99. The van der Waals surface area contributed by atoms with Crippen molar-refractivity contribution in [3.63, 3.8) is 0 Å². The fourth-order valence-corrected chi connectivity index (χ4v) is 4.30. The van der Waals surface area contributed by atoms with E-state index in [0.29, 0.717) is 41.5 Å². The van der Waals surface area contributed by atoms with Crippen molar-refractivity contribution in [3.8, 4) is 0 Å². The Hall–Kier alpha value is -2.99. The zero-order valence-corrected chi connectivity index (χ0v) is 17.9. The molecule has 0 spiro atoms. The van der Waals surface area contributed by atoms with Crippen LogP contribution in [0.4, 0.5) is 5.69 Å². The van der Waals surface area contributed by atoms with Crippen molar-refractivity contribution in [1.29, 1.82) is 0 Å². The Kier molecular flexibility index (Phi) is 5.20. The average molecular weight is 405 g/mol. The number of carbonyl (C=O) groups excluding carboxylic acids is 3. The van der Waals surface area contributed by atoms with Crippen LogP contribution in [0.3, 0.4) is 0 Å². The summed E-state index contributed by atoms with van der Waals surface area (Å²) >= 11 is 0. The molecule has 30 heavy (non-hydrogen) atoms. The lowest BCUT2D eigenvalue weighted by Gasteiger charge is -2.36. The molecule has 1 saturated heterocycles. The number of likely N-dealkylation sites (tertiary alicyclic amines) is 1. The van der Waals surface area contributed by atoms with Crippen molar-refractivity contribution in [1.82, 2.24) is 9.80 Å². The monoisotopic (exact) mass is 405 g/mol. The van der Waals surface area contributed by atoms with Gasteiger partial charge in [-0.25, -0.2) is 4.90 Å². The molecule has 1 fully saturated rings. The number of benzene rings is 2. The molecular formula is C24H27N3O3. The standard InChI is InChI=1S/C24H27N3O3/c1-15-7-8-16(2)21(12-15)27-23(29)19-10-9-17(13-20(19)24(27)30)22(28)26-11-5-6-18(14-26)25(3)4/h7-10,12-13,18H,5-6,11,14H2,1-4H3. The van der Waals surface area contributed by atoms with Crippen molar-refractivity contribution >= 4 is 23.4 Å². The molecule has 0 radical (unpaired) electrons. The SMILES string of the molecule is Cc1ccc(C)c(N2C(=O)c3ccc(C(=O)N4CCCC(N(C)C)C4)cc3C2=O)c1. The normalized spacial score (nSPS) is 18.9. The number of imide groups is 1. The summed E-state index contributed by atoms with van der Waals surface area (Å²) in [7, 11) is 4.06. The Morgan fingerprint density at radius 1 is 1.00 bits per heavy atom. The van der Waals surface area contributed by atoms with E-state index >= 15 is 0 Å². The highest BCUT2D eigenvalue weighted by Gasteiger charge is 2.38. The van der Waals surface area contributed by atoms with Crippen molar-refractivity contribution in [3.05, 3.63) is 64.2 Å². The Morgan fingerprint density at radius 3 is 2.47 bits per heavy atom. The zero-order valence-electron chi connectivity index (χ0n) is 17.9. The van der Waals surface area contributed by atoms with Gasteiger partial charge in [-0.15, -0.1) is 0 Å². The first kappa shape index (κ1) is 20.3. The van der Waals surface area contributed by atoms with Gasteiger partial charge in [0.2, 0.25) is 0 Å². The number of hydrogen-bond donors (Lipinski definition) is 0. The summed E-state index contributed by atoms with van der Waals surface area (Å²) in [5, 5.41) is 0. The third-order valence-electron chi connectivity index (χ3n) is 6.15. The van der Waals surface area contributed by atoms with E-state index in [0.717, 1.165) is 24.0 Å². The molecule has 0 aromatic heterocycles. The van der Waals surface area contributed by atoms with Gasteiger partial charge in [0.1, 0.15) is 0 Å². The molecule has 2 aliphatic heterocycles. The fourth-order valence-electron chi connectivity index (χ4n) is 4.30. The summed E-state index contributed by atoms with van der Waals surface area (Å²) in [6.45, 7) is 5.19. The van der Waals surface area contributed by atoms with Crippen molar-refractivity contribution < 1.29 is 14.4 Å². The van der Waals surface area contributed by atoms with Crippen LogP contribution in [-0.2, 0) is 0 Å². The minimum atomic E-state index is -0.372.